The van der Waals surface area contributed by atoms with Gasteiger partial charge in [-0.15, -0.1) is 0 Å². The van der Waals surface area contributed by atoms with Gasteiger partial charge in [-0.2, -0.15) is 0 Å². The Morgan fingerprint density at radius 3 is 2.00 bits per heavy atom. The first-order chi connectivity index (χ1) is 4.91. The molecule has 0 spiro atoms. The van der Waals surface area contributed by atoms with E-state index in [0.29, 0.717) is 0 Å². The van der Waals surface area contributed by atoms with Gasteiger partial charge in [0.2, 0.25) is 0 Å². The third-order valence-electron chi connectivity index (χ3n) is 1.66. The Bertz CT molecular complexity index is 44.7. The van der Waals surface area contributed by atoms with E-state index in [9.17, 15) is 0 Å². The zero-order valence-electron chi connectivity index (χ0n) is 7.45. The molecule has 0 aliphatic carbocycles. The first-order valence-corrected chi connectivity index (χ1v) is 6.04. The molecule has 0 amide bonds. The van der Waals surface area contributed by atoms with Gasteiger partial charge in [0.25, 0.3) is 0 Å². The molecule has 0 aromatic heterocycles. The van der Waals surface area contributed by atoms with Crippen LogP contribution in [0.5, 0.6) is 0 Å². The van der Waals surface area contributed by atoms with Crippen LogP contribution < -0.4 is 0 Å². The molecule has 0 aromatic carbocycles. The molecule has 0 unspecified atom stereocenters. The predicted molar refractivity (Wildman–Crippen MR) is 49.8 cm³/mol. The van der Waals surface area contributed by atoms with Crippen molar-refractivity contribution in [1.29, 1.82) is 0 Å². The predicted octanol–water partition coefficient (Wildman–Crippen LogP) is 3.52. The SMILES string of the molecule is CCCCC[Si]CCCC. The summed E-state index contributed by atoms with van der Waals surface area (Å²) in [5, 5.41) is 0. The Balaban J connectivity index is 2.65. The lowest BCUT2D eigenvalue weighted by Crippen LogP contribution is -1.88. The fourth-order valence-corrected chi connectivity index (χ4v) is 2.28. The average molecular weight is 156 g/mol. The Morgan fingerprint density at radius 2 is 1.40 bits per heavy atom. The van der Waals surface area contributed by atoms with E-state index in [1.807, 2.05) is 0 Å². The van der Waals surface area contributed by atoms with Crippen LogP contribution in [-0.4, -0.2) is 9.52 Å². The molecule has 0 aliphatic heterocycles. The summed E-state index contributed by atoms with van der Waals surface area (Å²) < 4.78 is 0. The minimum absolute atomic E-state index is 1.25. The van der Waals surface area contributed by atoms with Gasteiger partial charge in [0.1, 0.15) is 0 Å². The van der Waals surface area contributed by atoms with Gasteiger partial charge in [-0.3, -0.25) is 0 Å². The van der Waals surface area contributed by atoms with Crippen molar-refractivity contribution in [2.45, 2.75) is 58.0 Å². The van der Waals surface area contributed by atoms with Crippen molar-refractivity contribution < 1.29 is 0 Å². The van der Waals surface area contributed by atoms with Crippen LogP contribution in [0.4, 0.5) is 0 Å². The summed E-state index contributed by atoms with van der Waals surface area (Å²) in [6.07, 6.45) is 7.11. The minimum Gasteiger partial charge on any atom is -0.0654 e. The van der Waals surface area contributed by atoms with Crippen LogP contribution in [0, 0.1) is 0 Å². The molecule has 0 heterocycles. The van der Waals surface area contributed by atoms with Crippen molar-refractivity contribution in [2.24, 2.45) is 0 Å². The molecule has 0 saturated heterocycles. The van der Waals surface area contributed by atoms with Crippen LogP contribution >= 0.6 is 0 Å². The largest absolute Gasteiger partial charge is 0.0654 e. The molecule has 0 bridgehead atoms. The highest BCUT2D eigenvalue weighted by molar-refractivity contribution is 6.35. The summed E-state index contributed by atoms with van der Waals surface area (Å²) in [6, 6.07) is 2.98. The van der Waals surface area contributed by atoms with Gasteiger partial charge < -0.3 is 0 Å². The summed E-state index contributed by atoms with van der Waals surface area (Å²) in [4.78, 5) is 0. The summed E-state index contributed by atoms with van der Waals surface area (Å²) in [6.45, 7) is 4.55. The number of hydrogen-bond donors (Lipinski definition) is 0. The molecular formula is C9H20Si. The quantitative estimate of drug-likeness (QED) is 0.391. The number of rotatable bonds is 7. The van der Waals surface area contributed by atoms with Crippen LogP contribution in [0.1, 0.15) is 46.0 Å². The van der Waals surface area contributed by atoms with Gasteiger partial charge in [-0.1, -0.05) is 58.0 Å². The van der Waals surface area contributed by atoms with Crippen molar-refractivity contribution in [3.8, 4) is 0 Å². The molecule has 2 radical (unpaired) electrons. The van der Waals surface area contributed by atoms with Crippen molar-refractivity contribution in [3.63, 3.8) is 0 Å². The van der Waals surface area contributed by atoms with E-state index in [1.165, 1.54) is 53.7 Å². The molecular weight excluding hydrogens is 136 g/mol. The fourth-order valence-electron chi connectivity index (χ4n) is 0.927. The van der Waals surface area contributed by atoms with Gasteiger partial charge in [0.15, 0.2) is 0 Å². The first kappa shape index (κ1) is 10.2. The second-order valence-electron chi connectivity index (χ2n) is 2.81. The van der Waals surface area contributed by atoms with E-state index in [4.69, 9.17) is 0 Å². The van der Waals surface area contributed by atoms with Gasteiger partial charge in [-0.05, 0) is 0 Å². The topological polar surface area (TPSA) is 0 Å². The highest BCUT2D eigenvalue weighted by atomic mass is 28.2. The summed E-state index contributed by atoms with van der Waals surface area (Å²) in [7, 11) is 1.25. The molecule has 60 valence electrons. The smallest absolute Gasteiger partial charge is 0.0378 e. The fraction of sp³-hybridized carbons (Fsp3) is 1.00. The maximum Gasteiger partial charge on any atom is 0.0378 e. The second kappa shape index (κ2) is 9.22. The number of unbranched alkanes of at least 4 members (excludes halogenated alkanes) is 3. The lowest BCUT2D eigenvalue weighted by Gasteiger charge is -1.96. The molecule has 10 heavy (non-hydrogen) atoms. The molecule has 0 rings (SSSR count). The van der Waals surface area contributed by atoms with Gasteiger partial charge in [-0.25, -0.2) is 0 Å². The number of hydrogen-bond acceptors (Lipinski definition) is 0. The Kier molecular flexibility index (Phi) is 9.42. The van der Waals surface area contributed by atoms with Crippen molar-refractivity contribution in [3.05, 3.63) is 0 Å². The molecule has 0 aliphatic rings. The van der Waals surface area contributed by atoms with Crippen molar-refractivity contribution >= 4 is 9.52 Å². The third-order valence-corrected chi connectivity index (χ3v) is 3.08. The zero-order valence-corrected chi connectivity index (χ0v) is 8.45. The van der Waals surface area contributed by atoms with Crippen LogP contribution in [0.2, 0.25) is 12.1 Å². The normalized spacial score (nSPS) is 10.2. The van der Waals surface area contributed by atoms with Gasteiger partial charge in [0, 0.05) is 9.52 Å². The highest BCUT2D eigenvalue weighted by Gasteiger charge is 1.88. The molecule has 0 nitrogen and oxygen atoms in total. The minimum atomic E-state index is 1.25. The van der Waals surface area contributed by atoms with E-state index in [0.717, 1.165) is 0 Å². The lowest BCUT2D eigenvalue weighted by atomic mass is 10.3. The molecule has 0 atom stereocenters. The van der Waals surface area contributed by atoms with Crippen LogP contribution in [-0.2, 0) is 0 Å². The Hall–Kier alpha value is 0.217. The molecule has 0 aromatic rings. The highest BCUT2D eigenvalue weighted by Crippen LogP contribution is 2.02. The Morgan fingerprint density at radius 1 is 0.800 bits per heavy atom. The van der Waals surface area contributed by atoms with Crippen LogP contribution in [0.25, 0.3) is 0 Å². The van der Waals surface area contributed by atoms with Gasteiger partial charge >= 0.3 is 0 Å². The van der Waals surface area contributed by atoms with Crippen molar-refractivity contribution in [1.82, 2.24) is 0 Å². The lowest BCUT2D eigenvalue weighted by molar-refractivity contribution is 0.765. The van der Waals surface area contributed by atoms with Crippen LogP contribution in [0.3, 0.4) is 0 Å². The standard InChI is InChI=1S/C9H20Si/c1-3-5-7-9-10-8-6-4-2/h3-9H2,1-2H3. The van der Waals surface area contributed by atoms with E-state index in [-0.39, 0.29) is 0 Å². The van der Waals surface area contributed by atoms with Crippen molar-refractivity contribution in [2.75, 3.05) is 0 Å². The van der Waals surface area contributed by atoms with E-state index in [1.54, 1.807) is 0 Å². The maximum atomic E-state index is 2.27. The van der Waals surface area contributed by atoms with E-state index in [2.05, 4.69) is 13.8 Å². The molecule has 0 N–H and O–H groups in total. The monoisotopic (exact) mass is 156 g/mol. The van der Waals surface area contributed by atoms with E-state index < -0.39 is 0 Å². The average Bonchev–Trinajstić information content (AvgIpc) is 1.97. The first-order valence-electron chi connectivity index (χ1n) is 4.62. The maximum absolute atomic E-state index is 2.27. The molecule has 1 heteroatoms. The second-order valence-corrected chi connectivity index (χ2v) is 4.31. The zero-order chi connectivity index (χ0) is 7.66. The molecule has 0 saturated carbocycles. The third kappa shape index (κ3) is 8.22. The van der Waals surface area contributed by atoms with Gasteiger partial charge in [0.05, 0.1) is 0 Å². The summed E-state index contributed by atoms with van der Waals surface area (Å²) in [5.41, 5.74) is 0. The summed E-state index contributed by atoms with van der Waals surface area (Å²) >= 11 is 0. The molecule has 0 fully saturated rings. The summed E-state index contributed by atoms with van der Waals surface area (Å²) in [5.74, 6) is 0. The van der Waals surface area contributed by atoms with E-state index >= 15 is 0 Å². The Labute approximate surface area is 68.2 Å². The van der Waals surface area contributed by atoms with Crippen LogP contribution in [0.15, 0.2) is 0 Å².